The van der Waals surface area contributed by atoms with Gasteiger partial charge < -0.3 is 0 Å². The highest BCUT2D eigenvalue weighted by Crippen LogP contribution is 2.63. The summed E-state index contributed by atoms with van der Waals surface area (Å²) >= 11 is 0. The van der Waals surface area contributed by atoms with Gasteiger partial charge in [0.1, 0.15) is 0 Å². The van der Waals surface area contributed by atoms with Gasteiger partial charge in [0.25, 0.3) is 0 Å². The largest absolute Gasteiger partial charge is 0.0701 e. The molecule has 1 saturated carbocycles. The highest BCUT2D eigenvalue weighted by Gasteiger charge is 2.51. The van der Waals surface area contributed by atoms with E-state index >= 15 is 0 Å². The van der Waals surface area contributed by atoms with Gasteiger partial charge >= 0.3 is 0 Å². The molecule has 0 nitrogen and oxygen atoms in total. The second kappa shape index (κ2) is 1.73. The van der Waals surface area contributed by atoms with E-state index in [4.69, 9.17) is 0 Å². The molecule has 0 saturated heterocycles. The van der Waals surface area contributed by atoms with Gasteiger partial charge in [0.2, 0.25) is 0 Å². The molecule has 0 radical (unpaired) electrons. The Kier molecular flexibility index (Phi) is 0.987. The first-order valence-electron chi connectivity index (χ1n) is 5.02. The molecule has 0 amide bonds. The van der Waals surface area contributed by atoms with E-state index in [1.165, 1.54) is 38.5 Å². The Labute approximate surface area is 68.7 Å². The lowest BCUT2D eigenvalue weighted by atomic mass is 9.60. The molecule has 0 bridgehead atoms. The molecule has 3 aliphatic rings. The lowest BCUT2D eigenvalue weighted by molar-refractivity contribution is 0.108. The molecule has 2 atom stereocenters. The lowest BCUT2D eigenvalue weighted by Crippen LogP contribution is -2.35. The minimum absolute atomic E-state index is 0.714. The lowest BCUT2D eigenvalue weighted by Gasteiger charge is -2.44. The molecule has 0 unspecified atom stereocenters. The van der Waals surface area contributed by atoms with Crippen LogP contribution >= 0.6 is 0 Å². The van der Waals surface area contributed by atoms with Crippen molar-refractivity contribution >= 4 is 0 Å². The van der Waals surface area contributed by atoms with E-state index in [-0.39, 0.29) is 0 Å². The predicted octanol–water partition coefficient (Wildman–Crippen LogP) is 3.29. The van der Waals surface area contributed by atoms with Gasteiger partial charge in [-0.1, -0.05) is 18.1 Å². The molecule has 0 spiro atoms. The predicted molar refractivity (Wildman–Crippen MR) is 46.3 cm³/mol. The average molecular weight is 148 g/mol. The Morgan fingerprint density at radius 3 is 3.00 bits per heavy atom. The molecule has 1 fully saturated rings. The minimum Gasteiger partial charge on any atom is -0.0701 e. The molecule has 3 rings (SSSR count). The Balaban J connectivity index is 2.03. The first-order chi connectivity index (χ1) is 5.31. The topological polar surface area (TPSA) is 0 Å². The number of hydrogen-bond acceptors (Lipinski definition) is 0. The third-order valence-electron chi connectivity index (χ3n) is 4.43. The molecule has 0 N–H and O–H groups in total. The molecule has 0 aliphatic heterocycles. The molecule has 0 aromatic heterocycles. The summed E-state index contributed by atoms with van der Waals surface area (Å²) in [6.07, 6.45) is 8.85. The molecular formula is C11H16. The van der Waals surface area contributed by atoms with Gasteiger partial charge in [-0.05, 0) is 49.9 Å². The summed E-state index contributed by atoms with van der Waals surface area (Å²) < 4.78 is 0. The van der Waals surface area contributed by atoms with Crippen LogP contribution in [0.2, 0.25) is 0 Å². The van der Waals surface area contributed by atoms with Crippen LogP contribution in [0.1, 0.15) is 45.4 Å². The highest BCUT2D eigenvalue weighted by atomic mass is 14.6. The second-order valence-electron chi connectivity index (χ2n) is 4.79. The Morgan fingerprint density at radius 1 is 1.36 bits per heavy atom. The van der Waals surface area contributed by atoms with Gasteiger partial charge in [0.05, 0.1) is 0 Å². The Hall–Kier alpha value is -0.260. The summed E-state index contributed by atoms with van der Waals surface area (Å²) in [5.41, 5.74) is 4.48. The molecule has 0 aromatic carbocycles. The Morgan fingerprint density at radius 2 is 2.27 bits per heavy atom. The fourth-order valence-electron chi connectivity index (χ4n) is 3.52. The average Bonchev–Trinajstić information content (AvgIpc) is 2.49. The summed E-state index contributed by atoms with van der Waals surface area (Å²) in [4.78, 5) is 0. The van der Waals surface area contributed by atoms with Crippen molar-refractivity contribution in [1.82, 2.24) is 0 Å². The zero-order valence-electron chi connectivity index (χ0n) is 7.32. The zero-order valence-corrected chi connectivity index (χ0v) is 7.32. The SMILES string of the molecule is C[C@]12CC[C@H]1CC1=C2CCC1. The van der Waals surface area contributed by atoms with Gasteiger partial charge in [-0.25, -0.2) is 0 Å². The summed E-state index contributed by atoms with van der Waals surface area (Å²) in [7, 11) is 0. The van der Waals surface area contributed by atoms with Gasteiger partial charge in [0.15, 0.2) is 0 Å². The van der Waals surface area contributed by atoms with Gasteiger partial charge in [0, 0.05) is 0 Å². The zero-order chi connectivity index (χ0) is 7.47. The van der Waals surface area contributed by atoms with Crippen LogP contribution in [0, 0.1) is 11.3 Å². The Bertz CT molecular complexity index is 236. The van der Waals surface area contributed by atoms with Crippen molar-refractivity contribution in [3.05, 3.63) is 11.1 Å². The van der Waals surface area contributed by atoms with Crippen molar-refractivity contribution in [1.29, 1.82) is 0 Å². The standard InChI is InChI=1S/C11H16/c1-11-6-5-9(11)7-8-3-2-4-10(8)11/h9H,2-7H2,1H3/t9-,11-/m0/s1. The fraction of sp³-hybridized carbons (Fsp3) is 0.818. The van der Waals surface area contributed by atoms with Crippen molar-refractivity contribution in [3.63, 3.8) is 0 Å². The van der Waals surface area contributed by atoms with E-state index in [2.05, 4.69) is 6.92 Å². The third kappa shape index (κ3) is 0.579. The number of fused-ring (bicyclic) bond motifs is 2. The van der Waals surface area contributed by atoms with Crippen molar-refractivity contribution in [3.8, 4) is 0 Å². The molecule has 3 aliphatic carbocycles. The summed E-state index contributed by atoms with van der Waals surface area (Å²) in [6, 6.07) is 0. The van der Waals surface area contributed by atoms with Crippen LogP contribution in [-0.2, 0) is 0 Å². The first-order valence-corrected chi connectivity index (χ1v) is 5.02. The molecule has 60 valence electrons. The van der Waals surface area contributed by atoms with Crippen LogP contribution < -0.4 is 0 Å². The van der Waals surface area contributed by atoms with Gasteiger partial charge in [-0.2, -0.15) is 0 Å². The van der Waals surface area contributed by atoms with E-state index in [0.29, 0.717) is 5.41 Å². The monoisotopic (exact) mass is 148 g/mol. The van der Waals surface area contributed by atoms with Crippen LogP contribution in [-0.4, -0.2) is 0 Å². The fourth-order valence-corrected chi connectivity index (χ4v) is 3.52. The maximum Gasteiger partial charge on any atom is -0.00823 e. The number of allylic oxidation sites excluding steroid dienone is 2. The van der Waals surface area contributed by atoms with E-state index in [9.17, 15) is 0 Å². The summed E-state index contributed by atoms with van der Waals surface area (Å²) in [6.45, 7) is 2.51. The molecular weight excluding hydrogens is 132 g/mol. The van der Waals surface area contributed by atoms with Crippen molar-refractivity contribution in [2.45, 2.75) is 45.4 Å². The van der Waals surface area contributed by atoms with E-state index in [1.807, 2.05) is 11.1 Å². The van der Waals surface area contributed by atoms with E-state index in [1.54, 1.807) is 0 Å². The third-order valence-corrected chi connectivity index (χ3v) is 4.43. The highest BCUT2D eigenvalue weighted by molar-refractivity contribution is 5.35. The maximum absolute atomic E-state index is 2.51. The molecule has 0 heterocycles. The maximum atomic E-state index is 2.51. The summed E-state index contributed by atoms with van der Waals surface area (Å²) in [5.74, 6) is 1.08. The van der Waals surface area contributed by atoms with E-state index in [0.717, 1.165) is 5.92 Å². The molecule has 0 aromatic rings. The smallest absolute Gasteiger partial charge is 0.00823 e. The van der Waals surface area contributed by atoms with Gasteiger partial charge in [-0.3, -0.25) is 0 Å². The van der Waals surface area contributed by atoms with Crippen LogP contribution in [0.15, 0.2) is 11.1 Å². The van der Waals surface area contributed by atoms with Crippen molar-refractivity contribution < 1.29 is 0 Å². The van der Waals surface area contributed by atoms with Crippen molar-refractivity contribution in [2.24, 2.45) is 11.3 Å². The summed E-state index contributed by atoms with van der Waals surface area (Å²) in [5, 5.41) is 0. The van der Waals surface area contributed by atoms with Crippen LogP contribution in [0.25, 0.3) is 0 Å². The molecule has 0 heteroatoms. The number of hydrogen-bond donors (Lipinski definition) is 0. The quantitative estimate of drug-likeness (QED) is 0.462. The first kappa shape index (κ1) is 6.28. The van der Waals surface area contributed by atoms with Crippen LogP contribution in [0.5, 0.6) is 0 Å². The second-order valence-corrected chi connectivity index (χ2v) is 4.79. The van der Waals surface area contributed by atoms with Gasteiger partial charge in [-0.15, -0.1) is 0 Å². The number of rotatable bonds is 0. The van der Waals surface area contributed by atoms with Crippen LogP contribution in [0.3, 0.4) is 0 Å². The van der Waals surface area contributed by atoms with Crippen molar-refractivity contribution in [2.75, 3.05) is 0 Å². The molecule has 11 heavy (non-hydrogen) atoms. The van der Waals surface area contributed by atoms with Crippen LogP contribution in [0.4, 0.5) is 0 Å². The van der Waals surface area contributed by atoms with E-state index < -0.39 is 0 Å². The normalized spacial score (nSPS) is 47.2. The minimum atomic E-state index is 0.714.